The number of rotatable bonds is 2. The zero-order valence-corrected chi connectivity index (χ0v) is 14.2. The van der Waals surface area contributed by atoms with Gasteiger partial charge in [-0.1, -0.05) is 0 Å². The Labute approximate surface area is 140 Å². The van der Waals surface area contributed by atoms with Crippen LogP contribution in [0.15, 0.2) is 6.07 Å². The predicted octanol–water partition coefficient (Wildman–Crippen LogP) is -0.616. The summed E-state index contributed by atoms with van der Waals surface area (Å²) in [5, 5.41) is 7.05. The minimum Gasteiger partial charge on any atom is -0.335 e. The van der Waals surface area contributed by atoms with Crippen molar-refractivity contribution < 1.29 is 14.4 Å². The third-order valence-electron chi connectivity index (χ3n) is 4.71. The van der Waals surface area contributed by atoms with Crippen LogP contribution in [0.2, 0.25) is 0 Å². The smallest absolute Gasteiger partial charge is 0.325 e. The van der Waals surface area contributed by atoms with Gasteiger partial charge in [0.15, 0.2) is 5.69 Å². The van der Waals surface area contributed by atoms with E-state index in [2.05, 4.69) is 10.4 Å². The van der Waals surface area contributed by atoms with Crippen molar-refractivity contribution in [3.8, 4) is 0 Å². The number of hydrogen-bond acceptors (Lipinski definition) is 5. The Kier molecular flexibility index (Phi) is 4.27. The average Bonchev–Trinajstić information content (AvgIpc) is 2.91. The van der Waals surface area contributed by atoms with E-state index in [9.17, 15) is 14.4 Å². The summed E-state index contributed by atoms with van der Waals surface area (Å²) in [4.78, 5) is 40.9. The molecule has 1 unspecified atom stereocenters. The number of aromatic nitrogens is 2. The van der Waals surface area contributed by atoms with Crippen molar-refractivity contribution in [1.29, 1.82) is 0 Å². The Balaban J connectivity index is 1.59. The summed E-state index contributed by atoms with van der Waals surface area (Å²) >= 11 is 0. The lowest BCUT2D eigenvalue weighted by Gasteiger charge is -2.41. The molecular weight excluding hydrogens is 312 g/mol. The van der Waals surface area contributed by atoms with E-state index in [1.54, 1.807) is 15.6 Å². The van der Waals surface area contributed by atoms with Crippen LogP contribution in [0.5, 0.6) is 0 Å². The third kappa shape index (κ3) is 2.99. The molecule has 0 aromatic carbocycles. The quantitative estimate of drug-likeness (QED) is 0.779. The van der Waals surface area contributed by atoms with Gasteiger partial charge in [-0.15, -0.1) is 0 Å². The summed E-state index contributed by atoms with van der Waals surface area (Å²) < 4.78 is 1.68. The molecule has 1 aromatic rings. The van der Waals surface area contributed by atoms with Gasteiger partial charge in [-0.25, -0.2) is 4.79 Å². The van der Waals surface area contributed by atoms with Gasteiger partial charge in [0.05, 0.1) is 12.6 Å². The molecule has 1 N–H and O–H groups in total. The van der Waals surface area contributed by atoms with Gasteiger partial charge in [0, 0.05) is 46.0 Å². The Hall–Kier alpha value is -2.42. The molecule has 9 nitrogen and oxygen atoms in total. The van der Waals surface area contributed by atoms with Gasteiger partial charge >= 0.3 is 6.03 Å². The second kappa shape index (κ2) is 6.23. The van der Waals surface area contributed by atoms with Crippen molar-refractivity contribution in [2.75, 3.05) is 33.2 Å². The molecule has 2 saturated heterocycles. The Bertz CT molecular complexity index is 639. The highest BCUT2D eigenvalue weighted by Crippen LogP contribution is 2.14. The minimum atomic E-state index is -0.376. The number of aryl methyl sites for hydroxylation is 2. The van der Waals surface area contributed by atoms with Crippen LogP contribution >= 0.6 is 0 Å². The van der Waals surface area contributed by atoms with Gasteiger partial charge in [0.25, 0.3) is 5.91 Å². The van der Waals surface area contributed by atoms with E-state index in [0.29, 0.717) is 31.9 Å². The average molecular weight is 334 g/mol. The molecule has 3 rings (SSSR count). The van der Waals surface area contributed by atoms with E-state index >= 15 is 0 Å². The zero-order valence-electron chi connectivity index (χ0n) is 14.2. The summed E-state index contributed by atoms with van der Waals surface area (Å²) in [5.74, 6) is -0.270. The van der Waals surface area contributed by atoms with E-state index in [1.165, 1.54) is 7.05 Å². The standard InChI is InChI=1S/C15H22N6O3/c1-10-8-11(17-19(10)3)14(23)21-6-4-20(5-7-21)12-9-13(22)18(2)15(24)16-12/h8,12H,4-7,9H2,1-3H3,(H,16,24). The fourth-order valence-electron chi connectivity index (χ4n) is 2.99. The van der Waals surface area contributed by atoms with Crippen molar-refractivity contribution in [1.82, 2.24) is 29.8 Å². The number of nitrogens with zero attached hydrogens (tertiary/aromatic N) is 5. The summed E-state index contributed by atoms with van der Waals surface area (Å²) in [6.07, 6.45) is -0.0362. The lowest BCUT2D eigenvalue weighted by atomic mass is 10.2. The number of carbonyl (C=O) groups is 3. The summed E-state index contributed by atoms with van der Waals surface area (Å²) in [6.45, 7) is 4.22. The molecule has 3 heterocycles. The van der Waals surface area contributed by atoms with Gasteiger partial charge in [-0.05, 0) is 13.0 Å². The van der Waals surface area contributed by atoms with Crippen LogP contribution < -0.4 is 5.32 Å². The highest BCUT2D eigenvalue weighted by molar-refractivity contribution is 5.96. The third-order valence-corrected chi connectivity index (χ3v) is 4.71. The summed E-state index contributed by atoms with van der Waals surface area (Å²) in [7, 11) is 3.28. The number of carbonyl (C=O) groups excluding carboxylic acids is 3. The van der Waals surface area contributed by atoms with Crippen molar-refractivity contribution in [2.24, 2.45) is 7.05 Å². The molecule has 1 aromatic heterocycles. The molecule has 2 aliphatic rings. The molecule has 2 fully saturated rings. The maximum Gasteiger partial charge on any atom is 0.325 e. The number of imide groups is 1. The van der Waals surface area contributed by atoms with Crippen LogP contribution in [-0.2, 0) is 11.8 Å². The van der Waals surface area contributed by atoms with Crippen LogP contribution in [0.25, 0.3) is 0 Å². The van der Waals surface area contributed by atoms with Crippen LogP contribution in [0.3, 0.4) is 0 Å². The van der Waals surface area contributed by atoms with E-state index in [1.807, 2.05) is 18.9 Å². The number of nitrogens with one attached hydrogen (secondary N) is 1. The van der Waals surface area contributed by atoms with E-state index < -0.39 is 0 Å². The SMILES string of the molecule is Cc1cc(C(=O)N2CCN(C3CC(=O)N(C)C(=O)N3)CC2)nn1C. The van der Waals surface area contributed by atoms with E-state index in [0.717, 1.165) is 10.6 Å². The van der Waals surface area contributed by atoms with Crippen molar-refractivity contribution in [3.05, 3.63) is 17.5 Å². The molecule has 0 bridgehead atoms. The molecule has 4 amide bonds. The summed E-state index contributed by atoms with van der Waals surface area (Å²) in [5.41, 5.74) is 1.38. The molecule has 0 aliphatic carbocycles. The molecule has 9 heteroatoms. The normalized spacial score (nSPS) is 22.7. The minimum absolute atomic E-state index is 0.0816. The van der Waals surface area contributed by atoms with E-state index in [4.69, 9.17) is 0 Å². The molecule has 2 aliphatic heterocycles. The lowest BCUT2D eigenvalue weighted by Crippen LogP contribution is -2.62. The Morgan fingerprint density at radius 1 is 1.21 bits per heavy atom. The Morgan fingerprint density at radius 3 is 2.42 bits per heavy atom. The highest BCUT2D eigenvalue weighted by Gasteiger charge is 2.35. The predicted molar refractivity (Wildman–Crippen MR) is 85.1 cm³/mol. The van der Waals surface area contributed by atoms with Crippen molar-refractivity contribution in [3.63, 3.8) is 0 Å². The number of hydrogen-bond donors (Lipinski definition) is 1. The van der Waals surface area contributed by atoms with Crippen LogP contribution in [0.4, 0.5) is 4.79 Å². The monoisotopic (exact) mass is 334 g/mol. The number of piperazine rings is 1. The molecule has 0 spiro atoms. The van der Waals surface area contributed by atoms with Crippen molar-refractivity contribution >= 4 is 17.8 Å². The zero-order chi connectivity index (χ0) is 17.4. The first-order chi connectivity index (χ1) is 11.4. The van der Waals surface area contributed by atoms with Gasteiger partial charge < -0.3 is 10.2 Å². The molecule has 0 radical (unpaired) electrons. The second-order valence-corrected chi connectivity index (χ2v) is 6.24. The van der Waals surface area contributed by atoms with Crippen molar-refractivity contribution in [2.45, 2.75) is 19.5 Å². The fraction of sp³-hybridized carbons (Fsp3) is 0.600. The molecular formula is C15H22N6O3. The summed E-state index contributed by atoms with van der Waals surface area (Å²) in [6, 6.07) is 1.41. The molecule has 1 atom stereocenters. The number of amides is 4. The largest absolute Gasteiger partial charge is 0.335 e. The van der Waals surface area contributed by atoms with Gasteiger partial charge in [-0.2, -0.15) is 5.10 Å². The topological polar surface area (TPSA) is 90.8 Å². The first-order valence-corrected chi connectivity index (χ1v) is 7.98. The highest BCUT2D eigenvalue weighted by atomic mass is 16.2. The lowest BCUT2D eigenvalue weighted by molar-refractivity contribution is -0.130. The van der Waals surface area contributed by atoms with Crippen LogP contribution in [-0.4, -0.2) is 81.7 Å². The molecule has 24 heavy (non-hydrogen) atoms. The van der Waals surface area contributed by atoms with Gasteiger partial charge in [0.2, 0.25) is 5.91 Å². The fourth-order valence-corrected chi connectivity index (χ4v) is 2.99. The van der Waals surface area contributed by atoms with Crippen LogP contribution in [0.1, 0.15) is 22.6 Å². The van der Waals surface area contributed by atoms with Crippen LogP contribution in [0, 0.1) is 6.92 Å². The number of urea groups is 1. The maximum atomic E-state index is 12.5. The van der Waals surface area contributed by atoms with Gasteiger partial charge in [0.1, 0.15) is 0 Å². The maximum absolute atomic E-state index is 12.5. The molecule has 130 valence electrons. The second-order valence-electron chi connectivity index (χ2n) is 6.24. The first-order valence-electron chi connectivity index (χ1n) is 7.98. The van der Waals surface area contributed by atoms with E-state index in [-0.39, 0.29) is 30.4 Å². The van der Waals surface area contributed by atoms with Gasteiger partial charge in [-0.3, -0.25) is 24.1 Å². The first kappa shape index (κ1) is 16.4. The Morgan fingerprint density at radius 2 is 1.88 bits per heavy atom. The molecule has 0 saturated carbocycles.